The van der Waals surface area contributed by atoms with Gasteiger partial charge in [0.25, 0.3) is 0 Å². The van der Waals surface area contributed by atoms with E-state index in [2.05, 4.69) is 9.55 Å². The van der Waals surface area contributed by atoms with Crippen molar-refractivity contribution < 1.29 is 13.2 Å². The normalized spacial score (nSPS) is 18.2. The summed E-state index contributed by atoms with van der Waals surface area (Å²) in [4.78, 5) is 4.75. The molecule has 3 aromatic rings. The zero-order valence-corrected chi connectivity index (χ0v) is 16.3. The number of aryl methyl sites for hydroxylation is 1. The molecule has 0 N–H and O–H groups in total. The molecule has 2 aromatic carbocycles. The van der Waals surface area contributed by atoms with Crippen molar-refractivity contribution in [3.05, 3.63) is 54.4 Å². The molecule has 0 unspecified atom stereocenters. The van der Waals surface area contributed by atoms with Crippen LogP contribution in [0.5, 0.6) is 5.75 Å². The molecule has 7 heteroatoms. The summed E-state index contributed by atoms with van der Waals surface area (Å²) in [5.41, 5.74) is 2.80. The second-order valence-electron chi connectivity index (χ2n) is 6.81. The summed E-state index contributed by atoms with van der Waals surface area (Å²) in [7, 11) is -3.53. The lowest BCUT2D eigenvalue weighted by Crippen LogP contribution is -2.29. The Labute approximate surface area is 159 Å². The van der Waals surface area contributed by atoms with Crippen molar-refractivity contribution in [2.24, 2.45) is 0 Å². The molecular weight excluding hydrogens is 362 g/mol. The fourth-order valence-electron chi connectivity index (χ4n) is 3.67. The van der Waals surface area contributed by atoms with Gasteiger partial charge in [-0.2, -0.15) is 4.31 Å². The van der Waals surface area contributed by atoms with Gasteiger partial charge in [0.2, 0.25) is 10.0 Å². The predicted molar refractivity (Wildman–Crippen MR) is 104 cm³/mol. The summed E-state index contributed by atoms with van der Waals surface area (Å²) in [6, 6.07) is 13.1. The Hall–Kier alpha value is -2.38. The van der Waals surface area contributed by atoms with Crippen LogP contribution in [0, 0.1) is 6.92 Å². The minimum Gasteiger partial charge on any atom is -0.494 e. The van der Waals surface area contributed by atoms with E-state index in [0.717, 1.165) is 28.8 Å². The van der Waals surface area contributed by atoms with E-state index >= 15 is 0 Å². The van der Waals surface area contributed by atoms with Crippen molar-refractivity contribution in [3.8, 4) is 5.75 Å². The summed E-state index contributed by atoms with van der Waals surface area (Å²) in [6.07, 6.45) is 2.59. The van der Waals surface area contributed by atoms with Gasteiger partial charge in [0, 0.05) is 13.1 Å². The molecule has 1 aliphatic rings. The van der Waals surface area contributed by atoms with Gasteiger partial charge in [-0.05, 0) is 56.2 Å². The first-order chi connectivity index (χ1) is 13.0. The molecule has 1 fully saturated rings. The van der Waals surface area contributed by atoms with Crippen LogP contribution in [0.1, 0.15) is 24.9 Å². The van der Waals surface area contributed by atoms with Gasteiger partial charge in [0.05, 0.1) is 34.9 Å². The Bertz CT molecular complexity index is 1080. The van der Waals surface area contributed by atoms with Crippen molar-refractivity contribution in [3.63, 3.8) is 0 Å². The van der Waals surface area contributed by atoms with Gasteiger partial charge in [0.15, 0.2) is 0 Å². The molecule has 0 aliphatic carbocycles. The maximum Gasteiger partial charge on any atom is 0.243 e. The Balaban J connectivity index is 1.58. The van der Waals surface area contributed by atoms with Crippen LogP contribution in [0.4, 0.5) is 0 Å². The summed E-state index contributed by atoms with van der Waals surface area (Å²) >= 11 is 0. The highest BCUT2D eigenvalue weighted by atomic mass is 32.2. The highest BCUT2D eigenvalue weighted by molar-refractivity contribution is 7.89. The lowest BCUT2D eigenvalue weighted by molar-refractivity contribution is 0.337. The molecule has 1 atom stereocenters. The number of ether oxygens (including phenoxy) is 1. The van der Waals surface area contributed by atoms with Crippen LogP contribution >= 0.6 is 0 Å². The molecule has 1 saturated heterocycles. The Kier molecular flexibility index (Phi) is 4.65. The number of nitrogens with zero attached hydrogens (tertiary/aromatic N) is 3. The van der Waals surface area contributed by atoms with E-state index in [9.17, 15) is 8.42 Å². The monoisotopic (exact) mass is 385 g/mol. The Morgan fingerprint density at radius 3 is 2.81 bits per heavy atom. The number of benzene rings is 2. The van der Waals surface area contributed by atoms with E-state index in [1.807, 2.05) is 44.4 Å². The fourth-order valence-corrected chi connectivity index (χ4v) is 5.25. The van der Waals surface area contributed by atoms with E-state index in [1.54, 1.807) is 22.5 Å². The van der Waals surface area contributed by atoms with Gasteiger partial charge in [-0.25, -0.2) is 13.4 Å². The molecule has 0 bridgehead atoms. The predicted octanol–water partition coefficient (Wildman–Crippen LogP) is 3.38. The van der Waals surface area contributed by atoms with Crippen molar-refractivity contribution in [1.29, 1.82) is 0 Å². The second-order valence-corrected chi connectivity index (χ2v) is 8.74. The van der Waals surface area contributed by atoms with Crippen LogP contribution in [-0.2, 0) is 10.0 Å². The maximum atomic E-state index is 13.1. The van der Waals surface area contributed by atoms with Gasteiger partial charge in [-0.1, -0.05) is 12.1 Å². The van der Waals surface area contributed by atoms with Gasteiger partial charge >= 0.3 is 0 Å². The zero-order valence-electron chi connectivity index (χ0n) is 15.5. The molecule has 142 valence electrons. The van der Waals surface area contributed by atoms with E-state index in [-0.39, 0.29) is 6.04 Å². The highest BCUT2D eigenvalue weighted by Crippen LogP contribution is 2.31. The number of para-hydroxylation sites is 2. The lowest BCUT2D eigenvalue weighted by atomic mass is 10.2. The lowest BCUT2D eigenvalue weighted by Gasteiger charge is -2.18. The molecule has 27 heavy (non-hydrogen) atoms. The molecule has 0 saturated carbocycles. The minimum absolute atomic E-state index is 0.0935. The van der Waals surface area contributed by atoms with Crippen LogP contribution in [0.2, 0.25) is 0 Å². The number of sulfonamides is 1. The zero-order chi connectivity index (χ0) is 19.0. The summed E-state index contributed by atoms with van der Waals surface area (Å²) in [5, 5.41) is 0. The van der Waals surface area contributed by atoms with Crippen LogP contribution in [0.25, 0.3) is 11.0 Å². The van der Waals surface area contributed by atoms with Gasteiger partial charge in [-0.15, -0.1) is 0 Å². The molecule has 2 heterocycles. The smallest absolute Gasteiger partial charge is 0.243 e. The SMILES string of the molecule is CCOc1ccc(S(=O)(=O)N2CC[C@@H](n3cnc4ccccc43)C2)cc1C. The second kappa shape index (κ2) is 6.98. The standard InChI is InChI=1S/C20H23N3O3S/c1-3-26-20-9-8-17(12-15(20)2)27(24,25)22-11-10-16(13-22)23-14-21-18-6-4-5-7-19(18)23/h4-9,12,14,16H,3,10-11,13H2,1-2H3/t16-/m1/s1. The molecule has 6 nitrogen and oxygen atoms in total. The molecule has 0 amide bonds. The first kappa shape index (κ1) is 18.0. The highest BCUT2D eigenvalue weighted by Gasteiger charge is 2.34. The topological polar surface area (TPSA) is 64.4 Å². The van der Waals surface area contributed by atoms with Gasteiger partial charge in [-0.3, -0.25) is 0 Å². The quantitative estimate of drug-likeness (QED) is 0.675. The van der Waals surface area contributed by atoms with Crippen molar-refractivity contribution in [1.82, 2.24) is 13.9 Å². The molecule has 0 spiro atoms. The third kappa shape index (κ3) is 3.21. The third-order valence-electron chi connectivity index (χ3n) is 5.08. The van der Waals surface area contributed by atoms with E-state index in [4.69, 9.17) is 4.74 Å². The first-order valence-electron chi connectivity index (χ1n) is 9.16. The van der Waals surface area contributed by atoms with Crippen LogP contribution in [0.15, 0.2) is 53.7 Å². The van der Waals surface area contributed by atoms with E-state index < -0.39 is 10.0 Å². The minimum atomic E-state index is -3.53. The van der Waals surface area contributed by atoms with Crippen molar-refractivity contribution in [2.75, 3.05) is 19.7 Å². The summed E-state index contributed by atoms with van der Waals surface area (Å²) < 4.78 is 35.4. The average molecular weight is 385 g/mol. The number of rotatable bonds is 5. The molecule has 4 rings (SSSR count). The molecule has 1 aromatic heterocycles. The number of hydrogen-bond acceptors (Lipinski definition) is 4. The number of aromatic nitrogens is 2. The van der Waals surface area contributed by atoms with E-state index in [0.29, 0.717) is 24.6 Å². The number of hydrogen-bond donors (Lipinski definition) is 0. The third-order valence-corrected chi connectivity index (χ3v) is 6.95. The summed E-state index contributed by atoms with van der Waals surface area (Å²) in [6.45, 7) is 5.29. The molecule has 0 radical (unpaired) electrons. The van der Waals surface area contributed by atoms with Gasteiger partial charge in [0.1, 0.15) is 5.75 Å². The van der Waals surface area contributed by atoms with Crippen molar-refractivity contribution >= 4 is 21.1 Å². The van der Waals surface area contributed by atoms with Crippen LogP contribution < -0.4 is 4.74 Å². The van der Waals surface area contributed by atoms with Crippen LogP contribution in [-0.4, -0.2) is 42.0 Å². The summed E-state index contributed by atoms with van der Waals surface area (Å²) in [5.74, 6) is 0.723. The van der Waals surface area contributed by atoms with Crippen LogP contribution in [0.3, 0.4) is 0 Å². The van der Waals surface area contributed by atoms with Crippen molar-refractivity contribution in [2.45, 2.75) is 31.2 Å². The molecule has 1 aliphatic heterocycles. The largest absolute Gasteiger partial charge is 0.494 e. The number of imidazole rings is 1. The molecular formula is C20H23N3O3S. The average Bonchev–Trinajstić information content (AvgIpc) is 3.30. The Morgan fingerprint density at radius 2 is 2.04 bits per heavy atom. The maximum absolute atomic E-state index is 13.1. The fraction of sp³-hybridized carbons (Fsp3) is 0.350. The van der Waals surface area contributed by atoms with E-state index in [1.165, 1.54) is 0 Å². The Morgan fingerprint density at radius 1 is 1.22 bits per heavy atom. The van der Waals surface area contributed by atoms with Gasteiger partial charge < -0.3 is 9.30 Å². The first-order valence-corrected chi connectivity index (χ1v) is 10.6. The number of fused-ring (bicyclic) bond motifs is 1.